The Bertz CT molecular complexity index is 519. The molecule has 0 spiro atoms. The Morgan fingerprint density at radius 1 is 1.33 bits per heavy atom. The predicted octanol–water partition coefficient (Wildman–Crippen LogP) is 2.84. The minimum atomic E-state index is 0.0157. The number of carbonyl (C=O) groups excluding carboxylic acids is 1. The van der Waals surface area contributed by atoms with Crippen molar-refractivity contribution in [2.45, 2.75) is 51.6 Å². The zero-order valence-electron chi connectivity index (χ0n) is 15.0. The molecule has 1 aliphatic rings. The molecule has 6 heteroatoms. The molecule has 0 saturated heterocycles. The molecule has 2 rings (SSSR count). The molecule has 1 amide bonds. The van der Waals surface area contributed by atoms with Crippen LogP contribution in [0.25, 0.3) is 0 Å². The maximum Gasteiger partial charge on any atom is 0.243 e. The summed E-state index contributed by atoms with van der Waals surface area (Å²) in [5.41, 5.74) is 0. The van der Waals surface area contributed by atoms with Gasteiger partial charge < -0.3 is 15.5 Å². The van der Waals surface area contributed by atoms with Gasteiger partial charge in [-0.05, 0) is 43.0 Å². The van der Waals surface area contributed by atoms with Crippen LogP contribution in [0.1, 0.15) is 43.9 Å². The van der Waals surface area contributed by atoms with Crippen LogP contribution in [0.15, 0.2) is 22.5 Å². The smallest absolute Gasteiger partial charge is 0.243 e. The molecule has 0 bridgehead atoms. The van der Waals surface area contributed by atoms with Gasteiger partial charge in [0.2, 0.25) is 5.91 Å². The van der Waals surface area contributed by atoms with Gasteiger partial charge in [-0.2, -0.15) is 0 Å². The monoisotopic (exact) mass is 350 g/mol. The van der Waals surface area contributed by atoms with Crippen LogP contribution in [0, 0.1) is 5.92 Å². The van der Waals surface area contributed by atoms with E-state index in [9.17, 15) is 4.79 Å². The Labute approximate surface area is 149 Å². The largest absolute Gasteiger partial charge is 0.354 e. The summed E-state index contributed by atoms with van der Waals surface area (Å²) in [5.74, 6) is 1.64. The number of amides is 1. The molecule has 2 N–H and O–H groups in total. The Morgan fingerprint density at radius 3 is 2.67 bits per heavy atom. The van der Waals surface area contributed by atoms with Crippen LogP contribution < -0.4 is 10.6 Å². The SMILES string of the molecule is CCC1CCC(NC(=NCC(=O)N(C)C)NCc2cccs2)CC1. The van der Waals surface area contributed by atoms with Gasteiger partial charge in [-0.25, -0.2) is 4.99 Å². The molecule has 0 atom stereocenters. The number of guanidine groups is 1. The first-order valence-corrected chi connectivity index (χ1v) is 9.73. The fourth-order valence-corrected chi connectivity index (χ4v) is 3.58. The number of rotatable bonds is 6. The molecular formula is C18H30N4OS. The quantitative estimate of drug-likeness (QED) is 0.613. The average Bonchev–Trinajstić information content (AvgIpc) is 3.11. The first-order chi connectivity index (χ1) is 11.6. The van der Waals surface area contributed by atoms with Gasteiger partial charge in [-0.15, -0.1) is 11.3 Å². The second kappa shape index (κ2) is 9.67. The van der Waals surface area contributed by atoms with Crippen molar-refractivity contribution in [1.82, 2.24) is 15.5 Å². The lowest BCUT2D eigenvalue weighted by Crippen LogP contribution is -2.45. The molecule has 1 fully saturated rings. The van der Waals surface area contributed by atoms with Gasteiger partial charge in [0.15, 0.2) is 5.96 Å². The number of nitrogens with one attached hydrogen (secondary N) is 2. The molecule has 1 heterocycles. The fraction of sp³-hybridized carbons (Fsp3) is 0.667. The number of nitrogens with zero attached hydrogens (tertiary/aromatic N) is 2. The Balaban J connectivity index is 1.91. The van der Waals surface area contributed by atoms with Gasteiger partial charge in [0.05, 0.1) is 6.54 Å². The molecule has 1 saturated carbocycles. The van der Waals surface area contributed by atoms with Crippen LogP contribution in [0.2, 0.25) is 0 Å². The number of carbonyl (C=O) groups is 1. The summed E-state index contributed by atoms with van der Waals surface area (Å²) >= 11 is 1.72. The van der Waals surface area contributed by atoms with Crippen molar-refractivity contribution in [3.8, 4) is 0 Å². The second-order valence-electron chi connectivity index (χ2n) is 6.66. The third kappa shape index (κ3) is 6.15. The number of hydrogen-bond donors (Lipinski definition) is 2. The summed E-state index contributed by atoms with van der Waals surface area (Å²) in [6.07, 6.45) is 6.20. The van der Waals surface area contributed by atoms with Gasteiger partial charge in [0.25, 0.3) is 0 Å². The molecule has 0 aromatic carbocycles. The number of aliphatic imine (C=N–C) groups is 1. The summed E-state index contributed by atoms with van der Waals surface area (Å²) in [7, 11) is 3.52. The molecule has 5 nitrogen and oxygen atoms in total. The lowest BCUT2D eigenvalue weighted by molar-refractivity contribution is -0.127. The summed E-state index contributed by atoms with van der Waals surface area (Å²) in [5, 5.41) is 8.97. The minimum Gasteiger partial charge on any atom is -0.354 e. The molecular weight excluding hydrogens is 320 g/mol. The number of hydrogen-bond acceptors (Lipinski definition) is 3. The second-order valence-corrected chi connectivity index (χ2v) is 7.69. The normalized spacial score (nSPS) is 21.4. The van der Waals surface area contributed by atoms with Crippen LogP contribution in [0.5, 0.6) is 0 Å². The average molecular weight is 351 g/mol. The highest BCUT2D eigenvalue weighted by atomic mass is 32.1. The summed E-state index contributed by atoms with van der Waals surface area (Å²) in [6.45, 7) is 3.20. The van der Waals surface area contributed by atoms with Crippen LogP contribution in [-0.4, -0.2) is 43.4 Å². The molecule has 0 aliphatic heterocycles. The van der Waals surface area contributed by atoms with Gasteiger partial charge in [-0.3, -0.25) is 4.79 Å². The highest BCUT2D eigenvalue weighted by Crippen LogP contribution is 2.26. The Kier molecular flexibility index (Phi) is 7.56. The lowest BCUT2D eigenvalue weighted by atomic mass is 9.84. The van der Waals surface area contributed by atoms with E-state index in [2.05, 4.69) is 34.0 Å². The lowest BCUT2D eigenvalue weighted by Gasteiger charge is -2.29. The third-order valence-corrected chi connectivity index (χ3v) is 5.52. The highest BCUT2D eigenvalue weighted by Gasteiger charge is 2.20. The van der Waals surface area contributed by atoms with E-state index < -0.39 is 0 Å². The zero-order chi connectivity index (χ0) is 17.4. The Hall–Kier alpha value is -1.56. The Morgan fingerprint density at radius 2 is 2.08 bits per heavy atom. The summed E-state index contributed by atoms with van der Waals surface area (Å²) in [6, 6.07) is 4.61. The van der Waals surface area contributed by atoms with Gasteiger partial charge in [0, 0.05) is 25.0 Å². The molecule has 1 aromatic rings. The van der Waals surface area contributed by atoms with Crippen molar-refractivity contribution in [1.29, 1.82) is 0 Å². The van der Waals surface area contributed by atoms with E-state index in [0.717, 1.165) is 18.4 Å². The maximum atomic E-state index is 11.8. The first kappa shape index (κ1) is 18.8. The number of likely N-dealkylation sites (N-methyl/N-ethyl adjacent to an activating group) is 1. The van der Waals surface area contributed by atoms with Crippen LogP contribution in [0.3, 0.4) is 0 Å². The van der Waals surface area contributed by atoms with E-state index >= 15 is 0 Å². The predicted molar refractivity (Wildman–Crippen MR) is 101 cm³/mol. The van der Waals surface area contributed by atoms with E-state index in [1.165, 1.54) is 37.0 Å². The summed E-state index contributed by atoms with van der Waals surface area (Å²) in [4.78, 5) is 19.1. The summed E-state index contributed by atoms with van der Waals surface area (Å²) < 4.78 is 0. The van der Waals surface area contributed by atoms with E-state index in [1.807, 2.05) is 6.07 Å². The molecule has 1 aliphatic carbocycles. The maximum absolute atomic E-state index is 11.8. The van der Waals surface area contributed by atoms with Crippen LogP contribution >= 0.6 is 11.3 Å². The van der Waals surface area contributed by atoms with E-state index in [4.69, 9.17) is 0 Å². The van der Waals surface area contributed by atoms with Crippen molar-refractivity contribution in [2.75, 3.05) is 20.6 Å². The third-order valence-electron chi connectivity index (χ3n) is 4.65. The van der Waals surface area contributed by atoms with Crippen LogP contribution in [-0.2, 0) is 11.3 Å². The standard InChI is InChI=1S/C18H30N4OS/c1-4-14-7-9-15(10-8-14)21-18(20-13-17(23)22(2)3)19-12-16-6-5-11-24-16/h5-6,11,14-15H,4,7-10,12-13H2,1-3H3,(H2,19,20,21). The van der Waals surface area contributed by atoms with Crippen molar-refractivity contribution in [3.05, 3.63) is 22.4 Å². The fourth-order valence-electron chi connectivity index (χ4n) is 2.93. The van der Waals surface area contributed by atoms with Crippen molar-refractivity contribution in [3.63, 3.8) is 0 Å². The topological polar surface area (TPSA) is 56.7 Å². The molecule has 0 unspecified atom stereocenters. The zero-order valence-corrected chi connectivity index (χ0v) is 15.9. The van der Waals surface area contributed by atoms with Crippen molar-refractivity contribution >= 4 is 23.2 Å². The van der Waals surface area contributed by atoms with Crippen molar-refractivity contribution in [2.24, 2.45) is 10.9 Å². The molecule has 24 heavy (non-hydrogen) atoms. The molecule has 0 radical (unpaired) electrons. The van der Waals surface area contributed by atoms with E-state index in [-0.39, 0.29) is 12.5 Å². The number of thiophene rings is 1. The first-order valence-electron chi connectivity index (χ1n) is 8.85. The van der Waals surface area contributed by atoms with E-state index in [0.29, 0.717) is 6.04 Å². The molecule has 134 valence electrons. The molecule has 1 aromatic heterocycles. The van der Waals surface area contributed by atoms with Crippen molar-refractivity contribution < 1.29 is 4.79 Å². The van der Waals surface area contributed by atoms with E-state index in [1.54, 1.807) is 30.3 Å². The minimum absolute atomic E-state index is 0.0157. The van der Waals surface area contributed by atoms with Gasteiger partial charge in [-0.1, -0.05) is 19.4 Å². The van der Waals surface area contributed by atoms with Gasteiger partial charge >= 0.3 is 0 Å². The van der Waals surface area contributed by atoms with Crippen LogP contribution in [0.4, 0.5) is 0 Å². The van der Waals surface area contributed by atoms with Gasteiger partial charge in [0.1, 0.15) is 6.54 Å². The highest BCUT2D eigenvalue weighted by molar-refractivity contribution is 7.09.